The lowest BCUT2D eigenvalue weighted by molar-refractivity contribution is 1.06. The van der Waals surface area contributed by atoms with Gasteiger partial charge >= 0.3 is 0 Å². The third-order valence-electron chi connectivity index (χ3n) is 9.52. The average molecular weight is 655 g/mol. The van der Waals surface area contributed by atoms with Gasteiger partial charge in [0.1, 0.15) is 0 Å². The number of nitrogens with zero attached hydrogens (tertiary/aromatic N) is 3. The summed E-state index contributed by atoms with van der Waals surface area (Å²) < 4.78 is 0. The summed E-state index contributed by atoms with van der Waals surface area (Å²) >= 11 is 0. The van der Waals surface area contributed by atoms with E-state index in [1.165, 1.54) is 48.5 Å². The molecular formula is C45H30N6. The highest BCUT2D eigenvalue weighted by Gasteiger charge is 2.11. The van der Waals surface area contributed by atoms with Crippen LogP contribution in [-0.2, 0) is 0 Å². The predicted octanol–water partition coefficient (Wildman–Crippen LogP) is 12.0. The molecular weight excluding hydrogens is 625 g/mol. The zero-order chi connectivity index (χ0) is 33.7. The van der Waals surface area contributed by atoms with Gasteiger partial charge in [0.15, 0.2) is 0 Å². The van der Waals surface area contributed by atoms with Crippen LogP contribution in [0, 0.1) is 0 Å². The average Bonchev–Trinajstić information content (AvgIpc) is 3.15. The summed E-state index contributed by atoms with van der Waals surface area (Å²) in [7, 11) is 0. The number of fused-ring (bicyclic) bond motifs is 6. The van der Waals surface area contributed by atoms with Crippen molar-refractivity contribution in [3.63, 3.8) is 0 Å². The molecule has 0 amide bonds. The zero-order valence-electron chi connectivity index (χ0n) is 27.4. The van der Waals surface area contributed by atoms with Gasteiger partial charge in [-0.1, -0.05) is 91.0 Å². The lowest BCUT2D eigenvalue weighted by atomic mass is 10.0. The Bertz CT molecular complexity index is 2640. The fourth-order valence-electron chi connectivity index (χ4n) is 6.98. The van der Waals surface area contributed by atoms with Gasteiger partial charge in [0.2, 0.25) is 17.8 Å². The molecule has 0 fully saturated rings. The third-order valence-corrected chi connectivity index (χ3v) is 9.52. The van der Waals surface area contributed by atoms with E-state index < -0.39 is 0 Å². The van der Waals surface area contributed by atoms with Crippen molar-refractivity contribution in [2.45, 2.75) is 0 Å². The van der Waals surface area contributed by atoms with Crippen molar-refractivity contribution >= 4 is 99.5 Å². The van der Waals surface area contributed by atoms with E-state index in [2.05, 4.69) is 180 Å². The lowest BCUT2D eigenvalue weighted by Crippen LogP contribution is -2.07. The first-order chi connectivity index (χ1) is 25.1. The summed E-state index contributed by atoms with van der Waals surface area (Å²) in [5, 5.41) is 24.6. The topological polar surface area (TPSA) is 74.8 Å². The fourth-order valence-corrected chi connectivity index (χ4v) is 6.98. The van der Waals surface area contributed by atoms with Crippen LogP contribution in [0.15, 0.2) is 164 Å². The molecule has 0 aliphatic carbocycles. The summed E-state index contributed by atoms with van der Waals surface area (Å²) in [4.78, 5) is 14.5. The molecule has 6 heteroatoms. The van der Waals surface area contributed by atoms with Gasteiger partial charge in [-0.15, -0.1) is 0 Å². The van der Waals surface area contributed by atoms with Crippen molar-refractivity contribution in [1.82, 2.24) is 15.0 Å². The van der Waals surface area contributed by atoms with Crippen LogP contribution in [0.25, 0.3) is 64.6 Å². The molecule has 3 N–H and O–H groups in total. The highest BCUT2D eigenvalue weighted by Crippen LogP contribution is 2.30. The van der Waals surface area contributed by atoms with Gasteiger partial charge in [-0.2, -0.15) is 15.0 Å². The molecule has 1 heterocycles. The monoisotopic (exact) mass is 654 g/mol. The van der Waals surface area contributed by atoms with Crippen LogP contribution < -0.4 is 16.0 Å². The van der Waals surface area contributed by atoms with Crippen molar-refractivity contribution in [2.75, 3.05) is 16.0 Å². The number of benzene rings is 9. The van der Waals surface area contributed by atoms with Gasteiger partial charge in [0.25, 0.3) is 0 Å². The summed E-state index contributed by atoms with van der Waals surface area (Å²) in [6.07, 6.45) is 0. The molecule has 0 saturated heterocycles. The lowest BCUT2D eigenvalue weighted by Gasteiger charge is -2.13. The van der Waals surface area contributed by atoms with Crippen LogP contribution >= 0.6 is 0 Å². The Hall–Kier alpha value is -7.05. The van der Waals surface area contributed by atoms with E-state index in [4.69, 9.17) is 15.0 Å². The molecule has 0 aliphatic rings. The third kappa shape index (κ3) is 5.65. The number of aromatic nitrogens is 3. The maximum atomic E-state index is 4.83. The van der Waals surface area contributed by atoms with Crippen molar-refractivity contribution in [3.8, 4) is 0 Å². The first kappa shape index (κ1) is 28.9. The molecule has 10 rings (SSSR count). The largest absolute Gasteiger partial charge is 0.324 e. The molecule has 51 heavy (non-hydrogen) atoms. The minimum absolute atomic E-state index is 0.425. The predicted molar refractivity (Wildman–Crippen MR) is 214 cm³/mol. The smallest absolute Gasteiger partial charge is 0.233 e. The van der Waals surface area contributed by atoms with Crippen LogP contribution in [0.2, 0.25) is 0 Å². The SMILES string of the molecule is c1ccc2cc3cc(Nc4nc(Nc5ccc6cc7ccccc7cc6c5)nc(Nc5ccc6cc7ccccc7cc6c5)n4)ccc3cc2c1. The highest BCUT2D eigenvalue weighted by molar-refractivity contribution is 6.01. The van der Waals surface area contributed by atoms with Gasteiger partial charge < -0.3 is 16.0 Å². The van der Waals surface area contributed by atoms with Crippen molar-refractivity contribution < 1.29 is 0 Å². The van der Waals surface area contributed by atoms with E-state index in [1.54, 1.807) is 0 Å². The van der Waals surface area contributed by atoms with E-state index >= 15 is 0 Å². The molecule has 0 radical (unpaired) electrons. The molecule has 0 aliphatic heterocycles. The van der Waals surface area contributed by atoms with Crippen molar-refractivity contribution in [1.29, 1.82) is 0 Å². The van der Waals surface area contributed by atoms with Crippen LogP contribution in [-0.4, -0.2) is 15.0 Å². The number of hydrogen-bond donors (Lipinski definition) is 3. The van der Waals surface area contributed by atoms with Gasteiger partial charge in [-0.25, -0.2) is 0 Å². The standard InChI is InChI=1S/C45H30N6/c1-4-10-31-22-37-25-40(16-13-34(37)19-28(31)7-1)46-43-49-44(47-41-17-14-35-20-29-8-2-5-11-32(29)23-38(35)26-41)51-45(50-43)48-42-18-15-36-21-30-9-3-6-12-33(30)24-39(36)27-42/h1-27H,(H3,46,47,48,49,50,51). The molecule has 0 unspecified atom stereocenters. The van der Waals surface area contributed by atoms with Gasteiger partial charge in [-0.3, -0.25) is 0 Å². The fraction of sp³-hybridized carbons (Fsp3) is 0. The summed E-state index contributed by atoms with van der Waals surface area (Å²) in [6.45, 7) is 0. The first-order valence-corrected chi connectivity index (χ1v) is 17.0. The minimum Gasteiger partial charge on any atom is -0.324 e. The molecule has 0 spiro atoms. The highest BCUT2D eigenvalue weighted by atomic mass is 15.3. The van der Waals surface area contributed by atoms with Crippen LogP contribution in [0.4, 0.5) is 34.9 Å². The van der Waals surface area contributed by atoms with Crippen LogP contribution in [0.3, 0.4) is 0 Å². The van der Waals surface area contributed by atoms with Gasteiger partial charge in [-0.05, 0) is 137 Å². The van der Waals surface area contributed by atoms with E-state index in [-0.39, 0.29) is 0 Å². The Balaban J connectivity index is 1.02. The molecule has 6 nitrogen and oxygen atoms in total. The molecule has 9 aromatic carbocycles. The van der Waals surface area contributed by atoms with Crippen molar-refractivity contribution in [2.24, 2.45) is 0 Å². The first-order valence-electron chi connectivity index (χ1n) is 17.0. The van der Waals surface area contributed by atoms with E-state index in [0.717, 1.165) is 33.2 Å². The number of hydrogen-bond acceptors (Lipinski definition) is 6. The van der Waals surface area contributed by atoms with Crippen molar-refractivity contribution in [3.05, 3.63) is 164 Å². The molecule has 10 aromatic rings. The normalized spacial score (nSPS) is 11.5. The summed E-state index contributed by atoms with van der Waals surface area (Å²) in [5.74, 6) is 1.27. The van der Waals surface area contributed by atoms with Crippen LogP contribution in [0.5, 0.6) is 0 Å². The van der Waals surface area contributed by atoms with E-state index in [9.17, 15) is 0 Å². The second-order valence-electron chi connectivity index (χ2n) is 13.0. The molecule has 0 bridgehead atoms. The van der Waals surface area contributed by atoms with Crippen LogP contribution in [0.1, 0.15) is 0 Å². The molecule has 240 valence electrons. The Labute approximate surface area is 293 Å². The molecule has 0 atom stereocenters. The maximum absolute atomic E-state index is 4.83. The quantitative estimate of drug-likeness (QED) is 0.155. The second-order valence-corrected chi connectivity index (χ2v) is 13.0. The number of anilines is 6. The number of rotatable bonds is 6. The Morgan fingerprint density at radius 3 is 0.745 bits per heavy atom. The second kappa shape index (κ2) is 11.8. The number of nitrogens with one attached hydrogen (secondary N) is 3. The minimum atomic E-state index is 0.425. The van der Waals surface area contributed by atoms with E-state index in [1.807, 2.05) is 0 Å². The van der Waals surface area contributed by atoms with Gasteiger partial charge in [0.05, 0.1) is 0 Å². The van der Waals surface area contributed by atoms with E-state index in [0.29, 0.717) is 17.8 Å². The summed E-state index contributed by atoms with van der Waals surface area (Å²) in [5.41, 5.74) is 2.66. The maximum Gasteiger partial charge on any atom is 0.233 e. The Morgan fingerprint density at radius 1 is 0.235 bits per heavy atom. The zero-order valence-corrected chi connectivity index (χ0v) is 27.4. The Kier molecular flexibility index (Phi) is 6.70. The Morgan fingerprint density at radius 2 is 0.471 bits per heavy atom. The summed E-state index contributed by atoms with van der Waals surface area (Å²) in [6, 6.07) is 57.5. The molecule has 1 aromatic heterocycles. The molecule has 0 saturated carbocycles. The van der Waals surface area contributed by atoms with Gasteiger partial charge in [0, 0.05) is 17.1 Å².